The summed E-state index contributed by atoms with van der Waals surface area (Å²) in [7, 11) is -1.04. The van der Waals surface area contributed by atoms with E-state index >= 15 is 0 Å². The number of hydrogen-bond donors (Lipinski definition) is 1. The van der Waals surface area contributed by atoms with E-state index in [2.05, 4.69) is 5.32 Å². The van der Waals surface area contributed by atoms with E-state index in [4.69, 9.17) is 0 Å². The third-order valence-electron chi connectivity index (χ3n) is 3.80. The van der Waals surface area contributed by atoms with Crippen LogP contribution in [0.1, 0.15) is 26.7 Å². The van der Waals surface area contributed by atoms with Crippen LogP contribution in [0.3, 0.4) is 0 Å². The maximum Gasteiger partial charge on any atom is 0.247 e. The van der Waals surface area contributed by atoms with Gasteiger partial charge < -0.3 is 10.2 Å². The molecule has 2 amide bonds. The minimum atomic E-state index is -1.04. The van der Waals surface area contributed by atoms with Crippen LogP contribution in [0.4, 0.5) is 5.69 Å². The van der Waals surface area contributed by atoms with Crippen LogP contribution in [-0.4, -0.2) is 39.8 Å². The lowest BCUT2D eigenvalue weighted by molar-refractivity contribution is -0.136. The Bertz CT molecular complexity index is 584. The number of carbonyl (C=O) groups is 2. The molecule has 5 nitrogen and oxygen atoms in total. The molecular weight excluding hydrogens is 300 g/mol. The summed E-state index contributed by atoms with van der Waals surface area (Å²) >= 11 is 0. The molecule has 2 unspecified atom stereocenters. The van der Waals surface area contributed by atoms with Gasteiger partial charge in [0.15, 0.2) is 0 Å². The van der Waals surface area contributed by atoms with Crippen molar-refractivity contribution in [3.63, 3.8) is 0 Å². The largest absolute Gasteiger partial charge is 0.330 e. The van der Waals surface area contributed by atoms with Crippen molar-refractivity contribution >= 4 is 28.3 Å². The molecule has 1 aliphatic heterocycles. The fourth-order valence-electron chi connectivity index (χ4n) is 2.71. The number of carbonyl (C=O) groups excluding carboxylic acids is 2. The average molecular weight is 322 g/mol. The maximum absolute atomic E-state index is 12.5. The molecular formula is C16H22N2O3S. The Morgan fingerprint density at radius 3 is 2.36 bits per heavy atom. The van der Waals surface area contributed by atoms with E-state index in [0.29, 0.717) is 23.5 Å². The Labute approximate surface area is 133 Å². The molecule has 1 aromatic rings. The first-order valence-corrected chi connectivity index (χ1v) is 9.00. The molecule has 0 bridgehead atoms. The zero-order valence-electron chi connectivity index (χ0n) is 13.2. The first kappa shape index (κ1) is 16.7. The standard InChI is InChI=1S/C16H22N2O3S/c1-11(2)15(18-10-4-5-14(18)19)16(20)17-12-6-8-13(9-7-12)22(3)21/h6-9,11,15H,4-5,10H2,1-3H3,(H,17,20). The average Bonchev–Trinajstić information content (AvgIpc) is 2.85. The van der Waals surface area contributed by atoms with Gasteiger partial charge in [-0.05, 0) is 36.6 Å². The van der Waals surface area contributed by atoms with Gasteiger partial charge in [-0.3, -0.25) is 13.8 Å². The van der Waals surface area contributed by atoms with Gasteiger partial charge >= 0.3 is 0 Å². The summed E-state index contributed by atoms with van der Waals surface area (Å²) < 4.78 is 11.4. The van der Waals surface area contributed by atoms with Crippen LogP contribution in [0, 0.1) is 5.92 Å². The minimum Gasteiger partial charge on any atom is -0.330 e. The number of hydrogen-bond acceptors (Lipinski definition) is 3. The zero-order valence-corrected chi connectivity index (χ0v) is 14.0. The highest BCUT2D eigenvalue weighted by Gasteiger charge is 2.34. The van der Waals surface area contributed by atoms with Crippen molar-refractivity contribution in [1.82, 2.24) is 4.90 Å². The van der Waals surface area contributed by atoms with Crippen LogP contribution in [0.5, 0.6) is 0 Å². The highest BCUT2D eigenvalue weighted by molar-refractivity contribution is 7.84. The summed E-state index contributed by atoms with van der Waals surface area (Å²) in [6.45, 7) is 4.53. The number of nitrogens with one attached hydrogen (secondary N) is 1. The molecule has 0 aliphatic carbocycles. The topological polar surface area (TPSA) is 66.5 Å². The summed E-state index contributed by atoms with van der Waals surface area (Å²) in [6, 6.07) is 6.49. The number of nitrogens with zero attached hydrogens (tertiary/aromatic N) is 1. The number of anilines is 1. The highest BCUT2D eigenvalue weighted by Crippen LogP contribution is 2.21. The van der Waals surface area contributed by atoms with Crippen molar-refractivity contribution < 1.29 is 13.8 Å². The Morgan fingerprint density at radius 2 is 1.91 bits per heavy atom. The maximum atomic E-state index is 12.5. The quantitative estimate of drug-likeness (QED) is 0.902. The van der Waals surface area contributed by atoms with Crippen molar-refractivity contribution in [1.29, 1.82) is 0 Å². The fraction of sp³-hybridized carbons (Fsp3) is 0.500. The lowest BCUT2D eigenvalue weighted by Crippen LogP contribution is -2.47. The molecule has 6 heteroatoms. The number of benzene rings is 1. The summed E-state index contributed by atoms with van der Waals surface area (Å²) in [5, 5.41) is 2.86. The second-order valence-corrected chi connectivity index (χ2v) is 7.23. The SMILES string of the molecule is CC(C)C(C(=O)Nc1ccc(S(C)=O)cc1)N1CCCC1=O. The molecule has 1 aromatic carbocycles. The molecule has 2 atom stereocenters. The lowest BCUT2D eigenvalue weighted by Gasteiger charge is -2.29. The summed E-state index contributed by atoms with van der Waals surface area (Å²) in [5.74, 6) is -0.0781. The van der Waals surface area contributed by atoms with Gasteiger partial charge in [-0.25, -0.2) is 0 Å². The van der Waals surface area contributed by atoms with E-state index < -0.39 is 16.8 Å². The number of amides is 2. The molecule has 22 heavy (non-hydrogen) atoms. The van der Waals surface area contributed by atoms with E-state index in [1.807, 2.05) is 13.8 Å². The third-order valence-corrected chi connectivity index (χ3v) is 4.74. The molecule has 0 spiro atoms. The predicted molar refractivity (Wildman–Crippen MR) is 87.0 cm³/mol. The smallest absolute Gasteiger partial charge is 0.247 e. The molecule has 1 N–H and O–H groups in total. The van der Waals surface area contributed by atoms with Gasteiger partial charge in [0.05, 0.1) is 0 Å². The normalized spacial score (nSPS) is 17.6. The number of likely N-dealkylation sites (tertiary alicyclic amines) is 1. The van der Waals surface area contributed by atoms with Crippen molar-refractivity contribution in [3.8, 4) is 0 Å². The number of rotatable bonds is 5. The van der Waals surface area contributed by atoms with Crippen LogP contribution in [-0.2, 0) is 20.4 Å². The summed E-state index contributed by atoms with van der Waals surface area (Å²) in [5.41, 5.74) is 0.650. The minimum absolute atomic E-state index is 0.0458. The van der Waals surface area contributed by atoms with E-state index in [1.165, 1.54) is 0 Å². The zero-order chi connectivity index (χ0) is 16.3. The molecule has 0 saturated carbocycles. The molecule has 1 heterocycles. The van der Waals surface area contributed by atoms with Crippen molar-refractivity contribution in [2.45, 2.75) is 37.6 Å². The molecule has 0 aromatic heterocycles. The Kier molecular flexibility index (Phi) is 5.34. The van der Waals surface area contributed by atoms with Gasteiger partial charge in [0.2, 0.25) is 11.8 Å². The van der Waals surface area contributed by atoms with Crippen molar-refractivity contribution in [3.05, 3.63) is 24.3 Å². The molecule has 2 rings (SSSR count). The molecule has 1 saturated heterocycles. The Hall–Kier alpha value is -1.69. The van der Waals surface area contributed by atoms with E-state index in [0.717, 1.165) is 6.42 Å². The van der Waals surface area contributed by atoms with Crippen molar-refractivity contribution in [2.75, 3.05) is 18.1 Å². The van der Waals surface area contributed by atoms with Crippen LogP contribution in [0.15, 0.2) is 29.2 Å². The summed E-state index contributed by atoms with van der Waals surface area (Å²) in [6.07, 6.45) is 2.95. The Morgan fingerprint density at radius 1 is 1.27 bits per heavy atom. The molecule has 1 fully saturated rings. The van der Waals surface area contributed by atoms with Crippen LogP contribution >= 0.6 is 0 Å². The molecule has 1 aliphatic rings. The van der Waals surface area contributed by atoms with Gasteiger partial charge in [-0.2, -0.15) is 0 Å². The van der Waals surface area contributed by atoms with Crippen molar-refractivity contribution in [2.24, 2.45) is 5.92 Å². The van der Waals surface area contributed by atoms with Gasteiger partial charge in [0.25, 0.3) is 0 Å². The van der Waals surface area contributed by atoms with Gasteiger partial charge in [-0.15, -0.1) is 0 Å². The highest BCUT2D eigenvalue weighted by atomic mass is 32.2. The Balaban J connectivity index is 2.11. The van der Waals surface area contributed by atoms with Gasteiger partial charge in [-0.1, -0.05) is 13.8 Å². The predicted octanol–water partition coefficient (Wildman–Crippen LogP) is 2.01. The van der Waals surface area contributed by atoms with Crippen LogP contribution in [0.25, 0.3) is 0 Å². The molecule has 0 radical (unpaired) electrons. The van der Waals surface area contributed by atoms with Crippen LogP contribution in [0.2, 0.25) is 0 Å². The van der Waals surface area contributed by atoms with Gasteiger partial charge in [0.1, 0.15) is 6.04 Å². The van der Waals surface area contributed by atoms with E-state index in [-0.39, 0.29) is 17.7 Å². The summed E-state index contributed by atoms with van der Waals surface area (Å²) in [4.78, 5) is 26.8. The van der Waals surface area contributed by atoms with E-state index in [9.17, 15) is 13.8 Å². The lowest BCUT2D eigenvalue weighted by atomic mass is 10.0. The third kappa shape index (κ3) is 3.74. The first-order valence-electron chi connectivity index (χ1n) is 7.44. The van der Waals surface area contributed by atoms with Gasteiger partial charge in [0, 0.05) is 40.6 Å². The van der Waals surface area contributed by atoms with E-state index in [1.54, 1.807) is 35.4 Å². The first-order chi connectivity index (χ1) is 10.4. The monoisotopic (exact) mass is 322 g/mol. The molecule has 120 valence electrons. The second-order valence-electron chi connectivity index (χ2n) is 5.85. The van der Waals surface area contributed by atoms with Crippen LogP contribution < -0.4 is 5.32 Å². The fourth-order valence-corrected chi connectivity index (χ4v) is 3.23. The second kappa shape index (κ2) is 7.05.